The Hall–Kier alpha value is -1.000. The van der Waals surface area contributed by atoms with Crippen LogP contribution in [0.25, 0.3) is 0 Å². The van der Waals surface area contributed by atoms with Crippen molar-refractivity contribution in [3.8, 4) is 0 Å². The lowest BCUT2D eigenvalue weighted by atomic mass is 10.1. The third-order valence-electron chi connectivity index (χ3n) is 3.14. The first-order valence-electron chi connectivity index (χ1n) is 5.60. The number of hydrogen-bond acceptors (Lipinski definition) is 3. The van der Waals surface area contributed by atoms with Crippen LogP contribution in [0.5, 0.6) is 0 Å². The van der Waals surface area contributed by atoms with Gasteiger partial charge in [0.1, 0.15) is 0 Å². The van der Waals surface area contributed by atoms with Gasteiger partial charge in [-0.05, 0) is 46.6 Å². The Labute approximate surface area is 113 Å². The van der Waals surface area contributed by atoms with Crippen LogP contribution >= 0.6 is 27.3 Å². The molecule has 4 heteroatoms. The molecule has 17 heavy (non-hydrogen) atoms. The van der Waals surface area contributed by atoms with E-state index in [2.05, 4.69) is 39.0 Å². The molecule has 0 amide bonds. The second-order valence-electron chi connectivity index (χ2n) is 4.22. The molecule has 2 heterocycles. The van der Waals surface area contributed by atoms with Gasteiger partial charge in [0.25, 0.3) is 0 Å². The lowest BCUT2D eigenvalue weighted by molar-refractivity contribution is 0.846. The average Bonchev–Trinajstić information content (AvgIpc) is 2.88. The summed E-state index contributed by atoms with van der Waals surface area (Å²) in [4.78, 5) is 3.79. The third kappa shape index (κ3) is 2.07. The quantitative estimate of drug-likeness (QED) is 0.858. The van der Waals surface area contributed by atoms with E-state index in [-0.39, 0.29) is 0 Å². The fourth-order valence-corrected chi connectivity index (χ4v) is 3.82. The molecular formula is C13H13BrN2S. The summed E-state index contributed by atoms with van der Waals surface area (Å²) >= 11 is 5.30. The number of anilines is 2. The van der Waals surface area contributed by atoms with Gasteiger partial charge in [0, 0.05) is 28.4 Å². The fraction of sp³-hybridized carbons (Fsp3) is 0.231. The van der Waals surface area contributed by atoms with Crippen LogP contribution < -0.4 is 10.6 Å². The van der Waals surface area contributed by atoms with Crippen LogP contribution in [0.15, 0.2) is 34.1 Å². The van der Waals surface area contributed by atoms with Crippen molar-refractivity contribution >= 4 is 38.6 Å². The SMILES string of the molecule is Nc1cccc2c1CCN2Cc1ccc(Br)s1. The molecule has 0 saturated carbocycles. The van der Waals surface area contributed by atoms with E-state index >= 15 is 0 Å². The molecule has 0 atom stereocenters. The normalized spacial score (nSPS) is 14.1. The first kappa shape index (κ1) is 11.1. The van der Waals surface area contributed by atoms with Gasteiger partial charge >= 0.3 is 0 Å². The van der Waals surface area contributed by atoms with E-state index in [1.807, 2.05) is 12.1 Å². The highest BCUT2D eigenvalue weighted by Crippen LogP contribution is 2.34. The number of thiophene rings is 1. The van der Waals surface area contributed by atoms with Crippen LogP contribution in [0.2, 0.25) is 0 Å². The van der Waals surface area contributed by atoms with E-state index in [1.54, 1.807) is 11.3 Å². The Morgan fingerprint density at radius 3 is 2.94 bits per heavy atom. The molecule has 2 aromatic rings. The number of fused-ring (bicyclic) bond motifs is 1. The summed E-state index contributed by atoms with van der Waals surface area (Å²) in [7, 11) is 0. The lowest BCUT2D eigenvalue weighted by Crippen LogP contribution is -2.18. The third-order valence-corrected chi connectivity index (χ3v) is 4.74. The summed E-state index contributed by atoms with van der Waals surface area (Å²) in [6.45, 7) is 2.05. The molecule has 0 fully saturated rings. The Morgan fingerprint density at radius 2 is 2.18 bits per heavy atom. The molecule has 0 bridgehead atoms. The second kappa shape index (κ2) is 4.35. The first-order valence-corrected chi connectivity index (χ1v) is 7.21. The highest BCUT2D eigenvalue weighted by Gasteiger charge is 2.20. The van der Waals surface area contributed by atoms with Gasteiger partial charge in [-0.3, -0.25) is 0 Å². The largest absolute Gasteiger partial charge is 0.398 e. The van der Waals surface area contributed by atoms with Crippen LogP contribution in [0.4, 0.5) is 11.4 Å². The summed E-state index contributed by atoms with van der Waals surface area (Å²) in [5, 5.41) is 0. The van der Waals surface area contributed by atoms with Crippen LogP contribution in [0.3, 0.4) is 0 Å². The average molecular weight is 309 g/mol. The number of benzene rings is 1. The number of halogens is 1. The van der Waals surface area contributed by atoms with Crippen molar-refractivity contribution < 1.29 is 0 Å². The zero-order chi connectivity index (χ0) is 11.8. The Morgan fingerprint density at radius 1 is 1.29 bits per heavy atom. The highest BCUT2D eigenvalue weighted by atomic mass is 79.9. The molecule has 1 aliphatic heterocycles. The Kier molecular flexibility index (Phi) is 2.84. The maximum atomic E-state index is 6.00. The van der Waals surface area contributed by atoms with Gasteiger partial charge in [0.15, 0.2) is 0 Å². The maximum Gasteiger partial charge on any atom is 0.0702 e. The van der Waals surface area contributed by atoms with E-state index in [4.69, 9.17) is 5.73 Å². The van der Waals surface area contributed by atoms with Crippen LogP contribution in [-0.2, 0) is 13.0 Å². The fourth-order valence-electron chi connectivity index (χ4n) is 2.32. The van der Waals surface area contributed by atoms with Crippen molar-refractivity contribution in [1.82, 2.24) is 0 Å². The molecular weight excluding hydrogens is 296 g/mol. The number of nitrogens with two attached hydrogens (primary N) is 1. The van der Waals surface area contributed by atoms with Gasteiger partial charge in [0.05, 0.1) is 10.3 Å². The smallest absolute Gasteiger partial charge is 0.0702 e. The van der Waals surface area contributed by atoms with Crippen LogP contribution in [0.1, 0.15) is 10.4 Å². The Balaban J connectivity index is 1.86. The topological polar surface area (TPSA) is 29.3 Å². The number of nitrogen functional groups attached to an aromatic ring is 1. The Bertz CT molecular complexity index is 550. The molecule has 0 radical (unpaired) electrons. The van der Waals surface area contributed by atoms with Gasteiger partial charge in [-0.1, -0.05) is 6.07 Å². The maximum absolute atomic E-state index is 6.00. The molecule has 2 N–H and O–H groups in total. The molecule has 2 nitrogen and oxygen atoms in total. The zero-order valence-corrected chi connectivity index (χ0v) is 11.7. The van der Waals surface area contributed by atoms with Gasteiger partial charge in [0.2, 0.25) is 0 Å². The molecule has 0 saturated heterocycles. The van der Waals surface area contributed by atoms with Gasteiger partial charge in [-0.2, -0.15) is 0 Å². The van der Waals surface area contributed by atoms with Crippen molar-refractivity contribution in [2.24, 2.45) is 0 Å². The highest BCUT2D eigenvalue weighted by molar-refractivity contribution is 9.11. The van der Waals surface area contributed by atoms with E-state index < -0.39 is 0 Å². The summed E-state index contributed by atoms with van der Waals surface area (Å²) < 4.78 is 1.19. The van der Waals surface area contributed by atoms with E-state index in [1.165, 1.54) is 19.9 Å². The predicted octanol–water partition coefficient (Wildman–Crippen LogP) is 3.66. The lowest BCUT2D eigenvalue weighted by Gasteiger charge is -2.18. The monoisotopic (exact) mass is 308 g/mol. The van der Waals surface area contributed by atoms with Gasteiger partial charge in [-0.15, -0.1) is 11.3 Å². The minimum atomic E-state index is 0.928. The minimum Gasteiger partial charge on any atom is -0.398 e. The number of rotatable bonds is 2. The van der Waals surface area contributed by atoms with Crippen molar-refractivity contribution in [3.63, 3.8) is 0 Å². The molecule has 1 aromatic carbocycles. The number of nitrogens with zero attached hydrogens (tertiary/aromatic N) is 1. The van der Waals surface area contributed by atoms with E-state index in [9.17, 15) is 0 Å². The molecule has 0 spiro atoms. The van der Waals surface area contributed by atoms with Crippen molar-refractivity contribution in [3.05, 3.63) is 44.6 Å². The minimum absolute atomic E-state index is 0.928. The van der Waals surface area contributed by atoms with Crippen LogP contribution in [-0.4, -0.2) is 6.54 Å². The molecule has 0 unspecified atom stereocenters. The van der Waals surface area contributed by atoms with E-state index in [0.29, 0.717) is 0 Å². The van der Waals surface area contributed by atoms with Crippen molar-refractivity contribution in [2.45, 2.75) is 13.0 Å². The summed E-state index contributed by atoms with van der Waals surface area (Å²) in [6, 6.07) is 10.5. The zero-order valence-electron chi connectivity index (χ0n) is 9.32. The number of hydrogen-bond donors (Lipinski definition) is 1. The molecule has 88 valence electrons. The summed E-state index contributed by atoms with van der Waals surface area (Å²) in [6.07, 6.45) is 1.06. The summed E-state index contributed by atoms with van der Waals surface area (Å²) in [5.41, 5.74) is 9.54. The summed E-state index contributed by atoms with van der Waals surface area (Å²) in [5.74, 6) is 0. The molecule has 0 aliphatic carbocycles. The standard InChI is InChI=1S/C13H13BrN2S/c14-13-5-4-9(17-13)8-16-7-6-10-11(15)2-1-3-12(10)16/h1-5H,6-8,15H2. The van der Waals surface area contributed by atoms with E-state index in [0.717, 1.165) is 25.2 Å². The molecule has 1 aromatic heterocycles. The first-order chi connectivity index (χ1) is 8.24. The van der Waals surface area contributed by atoms with Crippen molar-refractivity contribution in [2.75, 3.05) is 17.2 Å². The predicted molar refractivity (Wildman–Crippen MR) is 77.6 cm³/mol. The van der Waals surface area contributed by atoms with Crippen molar-refractivity contribution in [1.29, 1.82) is 0 Å². The second-order valence-corrected chi connectivity index (χ2v) is 6.77. The molecule has 1 aliphatic rings. The van der Waals surface area contributed by atoms with Gasteiger partial charge in [-0.25, -0.2) is 0 Å². The van der Waals surface area contributed by atoms with Gasteiger partial charge < -0.3 is 10.6 Å². The molecule has 3 rings (SSSR count). The van der Waals surface area contributed by atoms with Crippen LogP contribution in [0, 0.1) is 0 Å².